The van der Waals surface area contributed by atoms with E-state index in [-0.39, 0.29) is 12.4 Å². The lowest BCUT2D eigenvalue weighted by atomic mass is 9.93. The molecule has 0 aliphatic heterocycles. The highest BCUT2D eigenvalue weighted by atomic mass is 16.5. The molecular formula is C10H21NO2. The highest BCUT2D eigenvalue weighted by Gasteiger charge is 2.13. The van der Waals surface area contributed by atoms with E-state index in [1.54, 1.807) is 0 Å². The van der Waals surface area contributed by atoms with Crippen molar-refractivity contribution in [3.05, 3.63) is 0 Å². The van der Waals surface area contributed by atoms with Crippen LogP contribution in [-0.2, 0) is 9.53 Å². The van der Waals surface area contributed by atoms with Crippen LogP contribution in [0.5, 0.6) is 0 Å². The molecule has 0 aliphatic carbocycles. The predicted molar refractivity (Wildman–Crippen MR) is 53.5 cm³/mol. The number of methoxy groups -OCH3 is 1. The molecule has 3 nitrogen and oxygen atoms in total. The molecule has 1 atom stereocenters. The van der Waals surface area contributed by atoms with Crippen molar-refractivity contribution in [2.75, 3.05) is 20.3 Å². The van der Waals surface area contributed by atoms with Crippen LogP contribution in [-0.4, -0.2) is 26.0 Å². The SMILES string of the molecule is COCC(=O)CC(CN)CC(C)C. The molecule has 0 aromatic rings. The molecule has 0 bridgehead atoms. The van der Waals surface area contributed by atoms with Crippen molar-refractivity contribution < 1.29 is 9.53 Å². The highest BCUT2D eigenvalue weighted by molar-refractivity contribution is 5.79. The Bertz CT molecular complexity index is 146. The molecule has 0 heterocycles. The second-order valence-corrected chi connectivity index (χ2v) is 3.91. The van der Waals surface area contributed by atoms with Crippen molar-refractivity contribution in [3.63, 3.8) is 0 Å². The van der Waals surface area contributed by atoms with Gasteiger partial charge in [-0.1, -0.05) is 13.8 Å². The topological polar surface area (TPSA) is 52.3 Å². The number of ether oxygens (including phenoxy) is 1. The molecule has 0 rings (SSSR count). The fourth-order valence-corrected chi connectivity index (χ4v) is 1.47. The fourth-order valence-electron chi connectivity index (χ4n) is 1.47. The second kappa shape index (κ2) is 7.04. The zero-order valence-corrected chi connectivity index (χ0v) is 8.88. The van der Waals surface area contributed by atoms with E-state index in [2.05, 4.69) is 13.8 Å². The molecule has 1 unspecified atom stereocenters. The molecule has 3 heteroatoms. The minimum Gasteiger partial charge on any atom is -0.377 e. The van der Waals surface area contributed by atoms with Crippen molar-refractivity contribution in [1.82, 2.24) is 0 Å². The van der Waals surface area contributed by atoms with E-state index in [1.807, 2.05) is 0 Å². The van der Waals surface area contributed by atoms with Crippen LogP contribution >= 0.6 is 0 Å². The minimum atomic E-state index is 0.151. The maximum atomic E-state index is 11.2. The first kappa shape index (κ1) is 12.6. The molecule has 0 saturated carbocycles. The Hall–Kier alpha value is -0.410. The maximum Gasteiger partial charge on any atom is 0.158 e. The molecule has 0 amide bonds. The Balaban J connectivity index is 3.76. The quantitative estimate of drug-likeness (QED) is 0.652. The van der Waals surface area contributed by atoms with Gasteiger partial charge in [0.25, 0.3) is 0 Å². The largest absolute Gasteiger partial charge is 0.377 e. The summed E-state index contributed by atoms with van der Waals surface area (Å²) in [5.41, 5.74) is 5.57. The lowest BCUT2D eigenvalue weighted by molar-refractivity contribution is -0.123. The van der Waals surface area contributed by atoms with Crippen molar-refractivity contribution in [3.8, 4) is 0 Å². The van der Waals surface area contributed by atoms with E-state index in [0.29, 0.717) is 24.8 Å². The summed E-state index contributed by atoms with van der Waals surface area (Å²) in [7, 11) is 1.54. The lowest BCUT2D eigenvalue weighted by Crippen LogP contribution is -2.21. The van der Waals surface area contributed by atoms with Gasteiger partial charge in [-0.15, -0.1) is 0 Å². The summed E-state index contributed by atoms with van der Waals surface area (Å²) in [5, 5.41) is 0. The fraction of sp³-hybridized carbons (Fsp3) is 0.900. The van der Waals surface area contributed by atoms with Gasteiger partial charge in [-0.05, 0) is 24.8 Å². The van der Waals surface area contributed by atoms with E-state index in [4.69, 9.17) is 10.5 Å². The normalized spacial score (nSPS) is 13.3. The number of ketones is 1. The van der Waals surface area contributed by atoms with Gasteiger partial charge in [0.15, 0.2) is 5.78 Å². The number of carbonyl (C=O) groups is 1. The van der Waals surface area contributed by atoms with Crippen LogP contribution in [0.3, 0.4) is 0 Å². The van der Waals surface area contributed by atoms with Gasteiger partial charge in [-0.3, -0.25) is 4.79 Å². The van der Waals surface area contributed by atoms with E-state index in [1.165, 1.54) is 7.11 Å². The van der Waals surface area contributed by atoms with Gasteiger partial charge >= 0.3 is 0 Å². The molecule has 2 N–H and O–H groups in total. The minimum absolute atomic E-state index is 0.151. The van der Waals surface area contributed by atoms with E-state index >= 15 is 0 Å². The van der Waals surface area contributed by atoms with Gasteiger partial charge in [-0.2, -0.15) is 0 Å². The zero-order valence-electron chi connectivity index (χ0n) is 8.88. The molecule has 78 valence electrons. The average Bonchev–Trinajstić information content (AvgIpc) is 2.02. The van der Waals surface area contributed by atoms with Crippen LogP contribution in [0.4, 0.5) is 0 Å². The Labute approximate surface area is 80.6 Å². The predicted octanol–water partition coefficient (Wildman–Crippen LogP) is 1.21. The Morgan fingerprint density at radius 1 is 1.46 bits per heavy atom. The number of nitrogens with two attached hydrogens (primary N) is 1. The second-order valence-electron chi connectivity index (χ2n) is 3.91. The van der Waals surface area contributed by atoms with Crippen LogP contribution in [0.2, 0.25) is 0 Å². The maximum absolute atomic E-state index is 11.2. The molecule has 0 aliphatic rings. The summed E-state index contributed by atoms with van der Waals surface area (Å²) < 4.78 is 4.76. The lowest BCUT2D eigenvalue weighted by Gasteiger charge is -2.15. The summed E-state index contributed by atoms with van der Waals surface area (Å²) in [6, 6.07) is 0. The van der Waals surface area contributed by atoms with Gasteiger partial charge in [-0.25, -0.2) is 0 Å². The molecule has 0 spiro atoms. The van der Waals surface area contributed by atoms with Crippen LogP contribution in [0, 0.1) is 11.8 Å². The Morgan fingerprint density at radius 2 is 2.08 bits per heavy atom. The summed E-state index contributed by atoms with van der Waals surface area (Å²) in [6.07, 6.45) is 1.58. The standard InChI is InChI=1S/C10H21NO2/c1-8(2)4-9(6-11)5-10(12)7-13-3/h8-9H,4-7,11H2,1-3H3. The Morgan fingerprint density at radius 3 is 2.46 bits per heavy atom. The van der Waals surface area contributed by atoms with Crippen molar-refractivity contribution >= 4 is 5.78 Å². The summed E-state index contributed by atoms with van der Waals surface area (Å²) >= 11 is 0. The molecule has 0 radical (unpaired) electrons. The van der Waals surface area contributed by atoms with Gasteiger partial charge < -0.3 is 10.5 Å². The van der Waals surface area contributed by atoms with Crippen molar-refractivity contribution in [2.24, 2.45) is 17.6 Å². The van der Waals surface area contributed by atoms with Gasteiger partial charge in [0.05, 0.1) is 0 Å². The van der Waals surface area contributed by atoms with Crippen LogP contribution in [0.25, 0.3) is 0 Å². The summed E-state index contributed by atoms with van der Waals surface area (Å²) in [5.74, 6) is 1.07. The molecule has 0 fully saturated rings. The first-order valence-electron chi connectivity index (χ1n) is 4.80. The third-order valence-electron chi connectivity index (χ3n) is 1.96. The summed E-state index contributed by atoms with van der Waals surface area (Å²) in [4.78, 5) is 11.2. The number of carbonyl (C=O) groups excluding carboxylic acids is 1. The average molecular weight is 187 g/mol. The monoisotopic (exact) mass is 187 g/mol. The van der Waals surface area contributed by atoms with E-state index in [9.17, 15) is 4.79 Å². The highest BCUT2D eigenvalue weighted by Crippen LogP contribution is 2.14. The van der Waals surface area contributed by atoms with Crippen LogP contribution in [0.1, 0.15) is 26.7 Å². The van der Waals surface area contributed by atoms with Gasteiger partial charge in [0, 0.05) is 13.5 Å². The zero-order chi connectivity index (χ0) is 10.3. The molecule has 0 saturated heterocycles. The smallest absolute Gasteiger partial charge is 0.158 e. The first-order chi connectivity index (χ1) is 6.10. The number of hydrogen-bond acceptors (Lipinski definition) is 3. The number of Topliss-reactive ketones (excluding diaryl/α,β-unsaturated/α-hetero) is 1. The molecule has 0 aromatic carbocycles. The van der Waals surface area contributed by atoms with Gasteiger partial charge in [0.2, 0.25) is 0 Å². The van der Waals surface area contributed by atoms with Crippen LogP contribution < -0.4 is 5.73 Å². The number of hydrogen-bond donors (Lipinski definition) is 1. The first-order valence-corrected chi connectivity index (χ1v) is 4.80. The Kier molecular flexibility index (Phi) is 6.82. The van der Waals surface area contributed by atoms with E-state index in [0.717, 1.165) is 6.42 Å². The van der Waals surface area contributed by atoms with Crippen molar-refractivity contribution in [1.29, 1.82) is 0 Å². The number of rotatable bonds is 7. The summed E-state index contributed by atoms with van der Waals surface area (Å²) in [6.45, 7) is 5.09. The molecular weight excluding hydrogens is 166 g/mol. The molecule has 0 aromatic heterocycles. The van der Waals surface area contributed by atoms with Crippen molar-refractivity contribution in [2.45, 2.75) is 26.7 Å². The molecule has 13 heavy (non-hydrogen) atoms. The van der Waals surface area contributed by atoms with E-state index < -0.39 is 0 Å². The van der Waals surface area contributed by atoms with Gasteiger partial charge in [0.1, 0.15) is 6.61 Å². The third-order valence-corrected chi connectivity index (χ3v) is 1.96. The third kappa shape index (κ3) is 6.72. The van der Waals surface area contributed by atoms with Crippen LogP contribution in [0.15, 0.2) is 0 Å².